The van der Waals surface area contributed by atoms with Gasteiger partial charge in [0.05, 0.1) is 0 Å². The Kier molecular flexibility index (Phi) is 2.14. The average Bonchev–Trinajstić information content (AvgIpc) is 2.34. The van der Waals surface area contributed by atoms with Gasteiger partial charge >= 0.3 is 6.03 Å². The fourth-order valence-corrected chi connectivity index (χ4v) is 1.28. The zero-order chi connectivity index (χ0) is 7.56. The molecular weight excluding hydrogens is 128 g/mol. The van der Waals surface area contributed by atoms with Crippen LogP contribution in [0, 0.1) is 5.92 Å². The first kappa shape index (κ1) is 7.38. The third kappa shape index (κ3) is 1.40. The van der Waals surface area contributed by atoms with Crippen molar-refractivity contribution < 1.29 is 4.79 Å². The zero-order valence-electron chi connectivity index (χ0n) is 6.55. The van der Waals surface area contributed by atoms with Gasteiger partial charge in [0, 0.05) is 20.1 Å². The van der Waals surface area contributed by atoms with Crippen molar-refractivity contribution in [2.45, 2.75) is 13.3 Å². The van der Waals surface area contributed by atoms with Gasteiger partial charge in [-0.05, 0) is 12.3 Å². The second kappa shape index (κ2) is 2.90. The number of likely N-dealkylation sites (tertiary alicyclic amines) is 1. The molecule has 1 aliphatic heterocycles. The number of carbonyl (C=O) groups excluding carboxylic acids is 1. The van der Waals surface area contributed by atoms with Gasteiger partial charge < -0.3 is 10.2 Å². The van der Waals surface area contributed by atoms with Crippen LogP contribution in [0.15, 0.2) is 0 Å². The number of urea groups is 1. The van der Waals surface area contributed by atoms with Crippen LogP contribution in [0.5, 0.6) is 0 Å². The van der Waals surface area contributed by atoms with E-state index >= 15 is 0 Å². The lowest BCUT2D eigenvalue weighted by Gasteiger charge is -2.14. The molecule has 0 aromatic carbocycles. The predicted octanol–water partition coefficient (Wildman–Crippen LogP) is 0.668. The van der Waals surface area contributed by atoms with Crippen LogP contribution >= 0.6 is 0 Å². The summed E-state index contributed by atoms with van der Waals surface area (Å²) in [5.74, 6) is 0.678. The topological polar surface area (TPSA) is 32.3 Å². The molecule has 1 saturated heterocycles. The molecule has 0 saturated carbocycles. The Morgan fingerprint density at radius 3 is 2.80 bits per heavy atom. The summed E-state index contributed by atoms with van der Waals surface area (Å²) in [6.07, 6.45) is 1.15. The van der Waals surface area contributed by atoms with Crippen molar-refractivity contribution in [3.8, 4) is 0 Å². The number of hydrogen-bond donors (Lipinski definition) is 1. The fourth-order valence-electron chi connectivity index (χ4n) is 1.28. The molecule has 0 radical (unpaired) electrons. The first-order chi connectivity index (χ1) is 4.74. The van der Waals surface area contributed by atoms with Gasteiger partial charge in [0.1, 0.15) is 0 Å². The Hall–Kier alpha value is -0.730. The largest absolute Gasteiger partial charge is 0.341 e. The van der Waals surface area contributed by atoms with Crippen LogP contribution in [0.4, 0.5) is 4.79 Å². The van der Waals surface area contributed by atoms with Gasteiger partial charge in [-0.1, -0.05) is 6.92 Å². The minimum Gasteiger partial charge on any atom is -0.341 e. The van der Waals surface area contributed by atoms with Crippen molar-refractivity contribution in [1.82, 2.24) is 10.2 Å². The van der Waals surface area contributed by atoms with Gasteiger partial charge in [0.2, 0.25) is 0 Å². The summed E-state index contributed by atoms with van der Waals surface area (Å²) in [5.41, 5.74) is 0. The Labute approximate surface area is 61.4 Å². The van der Waals surface area contributed by atoms with Crippen LogP contribution < -0.4 is 5.32 Å². The number of nitrogens with one attached hydrogen (secondary N) is 1. The van der Waals surface area contributed by atoms with Gasteiger partial charge in [-0.3, -0.25) is 0 Å². The second-order valence-electron chi connectivity index (χ2n) is 2.90. The minimum atomic E-state index is 0.0596. The van der Waals surface area contributed by atoms with E-state index in [9.17, 15) is 4.79 Å². The summed E-state index contributed by atoms with van der Waals surface area (Å²) in [6, 6.07) is 0.0596. The molecule has 0 unspecified atom stereocenters. The average molecular weight is 142 g/mol. The highest BCUT2D eigenvalue weighted by Crippen LogP contribution is 2.14. The van der Waals surface area contributed by atoms with Crippen LogP contribution in [0.25, 0.3) is 0 Å². The molecule has 1 rings (SSSR count). The van der Waals surface area contributed by atoms with Crippen molar-refractivity contribution in [1.29, 1.82) is 0 Å². The third-order valence-electron chi connectivity index (χ3n) is 1.92. The van der Waals surface area contributed by atoms with Gasteiger partial charge in [0.25, 0.3) is 0 Å². The molecule has 3 heteroatoms. The molecule has 58 valence electrons. The maximum Gasteiger partial charge on any atom is 0.317 e. The molecule has 1 heterocycles. The van der Waals surface area contributed by atoms with E-state index in [1.807, 2.05) is 4.90 Å². The van der Waals surface area contributed by atoms with E-state index in [1.165, 1.54) is 0 Å². The number of rotatable bonds is 0. The number of nitrogens with zero attached hydrogens (tertiary/aromatic N) is 1. The number of amides is 2. The lowest BCUT2D eigenvalue weighted by Crippen LogP contribution is -2.36. The SMILES string of the molecule is CNC(=O)N1CC[C@@H](C)C1. The van der Waals surface area contributed by atoms with Crippen molar-refractivity contribution in [3.05, 3.63) is 0 Å². The highest BCUT2D eigenvalue weighted by Gasteiger charge is 2.21. The highest BCUT2D eigenvalue weighted by molar-refractivity contribution is 5.74. The van der Waals surface area contributed by atoms with E-state index in [4.69, 9.17) is 0 Å². The Morgan fingerprint density at radius 1 is 1.70 bits per heavy atom. The predicted molar refractivity (Wildman–Crippen MR) is 39.8 cm³/mol. The Balaban J connectivity index is 2.37. The molecule has 3 nitrogen and oxygen atoms in total. The summed E-state index contributed by atoms with van der Waals surface area (Å²) in [6.45, 7) is 4.00. The first-order valence-corrected chi connectivity index (χ1v) is 3.70. The van der Waals surface area contributed by atoms with Crippen LogP contribution in [0.1, 0.15) is 13.3 Å². The van der Waals surface area contributed by atoms with Crippen molar-refractivity contribution in [3.63, 3.8) is 0 Å². The standard InChI is InChI=1S/C7H14N2O/c1-6-3-4-9(5-6)7(10)8-2/h6H,3-5H2,1-2H3,(H,8,10)/t6-/m1/s1. The second-order valence-corrected chi connectivity index (χ2v) is 2.90. The molecule has 0 aromatic heterocycles. The van der Waals surface area contributed by atoms with E-state index in [0.29, 0.717) is 5.92 Å². The minimum absolute atomic E-state index is 0.0596. The highest BCUT2D eigenvalue weighted by atomic mass is 16.2. The summed E-state index contributed by atoms with van der Waals surface area (Å²) < 4.78 is 0. The number of hydrogen-bond acceptors (Lipinski definition) is 1. The molecule has 0 bridgehead atoms. The van der Waals surface area contributed by atoms with Crippen LogP contribution in [0.2, 0.25) is 0 Å². The fraction of sp³-hybridized carbons (Fsp3) is 0.857. The van der Waals surface area contributed by atoms with Crippen LogP contribution in [-0.4, -0.2) is 31.1 Å². The van der Waals surface area contributed by atoms with Crippen LogP contribution in [0.3, 0.4) is 0 Å². The Morgan fingerprint density at radius 2 is 2.40 bits per heavy atom. The van der Waals surface area contributed by atoms with E-state index in [0.717, 1.165) is 19.5 Å². The third-order valence-corrected chi connectivity index (χ3v) is 1.92. The van der Waals surface area contributed by atoms with Gasteiger partial charge in [-0.25, -0.2) is 4.79 Å². The molecule has 1 fully saturated rings. The summed E-state index contributed by atoms with van der Waals surface area (Å²) >= 11 is 0. The summed E-state index contributed by atoms with van der Waals surface area (Å²) in [7, 11) is 1.67. The van der Waals surface area contributed by atoms with E-state index in [-0.39, 0.29) is 6.03 Å². The normalized spacial score (nSPS) is 25.0. The molecule has 1 aliphatic rings. The van der Waals surface area contributed by atoms with E-state index in [2.05, 4.69) is 12.2 Å². The molecule has 1 atom stereocenters. The number of carbonyl (C=O) groups is 1. The zero-order valence-corrected chi connectivity index (χ0v) is 6.55. The van der Waals surface area contributed by atoms with Gasteiger partial charge in [0.15, 0.2) is 0 Å². The lowest BCUT2D eigenvalue weighted by molar-refractivity contribution is 0.210. The summed E-state index contributed by atoms with van der Waals surface area (Å²) in [4.78, 5) is 12.8. The van der Waals surface area contributed by atoms with Crippen molar-refractivity contribution in [2.75, 3.05) is 20.1 Å². The maximum atomic E-state index is 11.0. The lowest BCUT2D eigenvalue weighted by atomic mass is 10.2. The van der Waals surface area contributed by atoms with E-state index < -0.39 is 0 Å². The summed E-state index contributed by atoms with van der Waals surface area (Å²) in [5, 5.41) is 2.61. The smallest absolute Gasteiger partial charge is 0.317 e. The Bertz CT molecular complexity index is 136. The molecule has 0 spiro atoms. The monoisotopic (exact) mass is 142 g/mol. The molecule has 1 N–H and O–H groups in total. The first-order valence-electron chi connectivity index (χ1n) is 3.70. The molecule has 2 amide bonds. The molecule has 10 heavy (non-hydrogen) atoms. The van der Waals surface area contributed by atoms with Gasteiger partial charge in [-0.15, -0.1) is 0 Å². The maximum absolute atomic E-state index is 11.0. The van der Waals surface area contributed by atoms with Crippen molar-refractivity contribution >= 4 is 6.03 Å². The quantitative estimate of drug-likeness (QED) is 0.529. The molecule has 0 aliphatic carbocycles. The van der Waals surface area contributed by atoms with E-state index in [1.54, 1.807) is 7.05 Å². The molecular formula is C7H14N2O. The van der Waals surface area contributed by atoms with Crippen LogP contribution in [-0.2, 0) is 0 Å². The molecule has 0 aromatic rings. The van der Waals surface area contributed by atoms with Crippen molar-refractivity contribution in [2.24, 2.45) is 5.92 Å². The van der Waals surface area contributed by atoms with Gasteiger partial charge in [-0.2, -0.15) is 0 Å².